The quantitative estimate of drug-likeness (QED) is 0.393. The molecule has 5 heteroatoms. The van der Waals surface area contributed by atoms with Crippen LogP contribution in [-0.2, 0) is 6.61 Å². The second-order valence-corrected chi connectivity index (χ2v) is 6.48. The van der Waals surface area contributed by atoms with Gasteiger partial charge < -0.3 is 4.74 Å². The number of hydrogen-bond acceptors (Lipinski definition) is 4. The summed E-state index contributed by atoms with van der Waals surface area (Å²) in [7, 11) is 0. The number of benzene rings is 3. The number of fused-ring (bicyclic) bond motifs is 1. The van der Waals surface area contributed by atoms with E-state index in [9.17, 15) is 4.79 Å². The van der Waals surface area contributed by atoms with Crippen LogP contribution >= 0.6 is 0 Å². The number of hydrazone groups is 1. The lowest BCUT2D eigenvalue weighted by Crippen LogP contribution is -2.17. The van der Waals surface area contributed by atoms with Gasteiger partial charge in [-0.1, -0.05) is 48.5 Å². The predicted octanol–water partition coefficient (Wildman–Crippen LogP) is 4.58. The first kappa shape index (κ1) is 18.4. The number of ether oxygens (including phenoxy) is 1. The third kappa shape index (κ3) is 4.84. The Labute approximate surface area is 168 Å². The first-order valence-electron chi connectivity index (χ1n) is 9.22. The Balaban J connectivity index is 1.33. The summed E-state index contributed by atoms with van der Waals surface area (Å²) in [4.78, 5) is 16.2. The van der Waals surface area contributed by atoms with Gasteiger partial charge >= 0.3 is 0 Å². The number of pyridine rings is 1. The zero-order valence-electron chi connectivity index (χ0n) is 15.7. The number of hydrogen-bond donors (Lipinski definition) is 1. The molecular weight excluding hydrogens is 362 g/mol. The number of rotatable bonds is 6. The smallest absolute Gasteiger partial charge is 0.271 e. The number of aromatic nitrogens is 1. The minimum Gasteiger partial charge on any atom is -0.489 e. The van der Waals surface area contributed by atoms with Crippen molar-refractivity contribution >= 4 is 22.9 Å². The van der Waals surface area contributed by atoms with Gasteiger partial charge in [0, 0.05) is 23.5 Å². The first-order chi connectivity index (χ1) is 14.3. The molecular formula is C24H19N3O2. The normalized spacial score (nSPS) is 10.9. The van der Waals surface area contributed by atoms with Gasteiger partial charge in [0.1, 0.15) is 12.4 Å². The highest BCUT2D eigenvalue weighted by Crippen LogP contribution is 2.21. The average molecular weight is 381 g/mol. The Morgan fingerprint density at radius 1 is 0.966 bits per heavy atom. The number of carbonyl (C=O) groups is 1. The second-order valence-electron chi connectivity index (χ2n) is 6.48. The van der Waals surface area contributed by atoms with Crippen molar-refractivity contribution in [3.05, 3.63) is 108 Å². The van der Waals surface area contributed by atoms with Crippen molar-refractivity contribution in [3.63, 3.8) is 0 Å². The number of nitrogens with one attached hydrogen (secondary N) is 1. The molecule has 3 aromatic carbocycles. The van der Waals surface area contributed by atoms with Crippen LogP contribution in [0.2, 0.25) is 0 Å². The maximum absolute atomic E-state index is 12.2. The van der Waals surface area contributed by atoms with Gasteiger partial charge in [0.15, 0.2) is 0 Å². The zero-order chi connectivity index (χ0) is 19.9. The van der Waals surface area contributed by atoms with Gasteiger partial charge in [-0.2, -0.15) is 5.10 Å². The molecule has 5 nitrogen and oxygen atoms in total. The molecule has 0 aliphatic heterocycles. The van der Waals surface area contributed by atoms with E-state index in [1.807, 2.05) is 54.6 Å². The Hall–Kier alpha value is -3.99. The molecule has 29 heavy (non-hydrogen) atoms. The summed E-state index contributed by atoms with van der Waals surface area (Å²) in [6.45, 7) is 0.430. The minimum atomic E-state index is -0.271. The van der Waals surface area contributed by atoms with E-state index in [1.54, 1.807) is 30.7 Å². The van der Waals surface area contributed by atoms with Crippen molar-refractivity contribution < 1.29 is 9.53 Å². The van der Waals surface area contributed by atoms with Gasteiger partial charge in [-0.3, -0.25) is 9.78 Å². The lowest BCUT2D eigenvalue weighted by atomic mass is 10.1. The lowest BCUT2D eigenvalue weighted by molar-refractivity contribution is 0.0955. The molecule has 0 unspecified atom stereocenters. The van der Waals surface area contributed by atoms with Crippen LogP contribution in [0.3, 0.4) is 0 Å². The van der Waals surface area contributed by atoms with Gasteiger partial charge in [-0.25, -0.2) is 5.43 Å². The van der Waals surface area contributed by atoms with Gasteiger partial charge in [0.25, 0.3) is 5.91 Å². The molecule has 1 N–H and O–H groups in total. The van der Waals surface area contributed by atoms with Crippen LogP contribution in [0.15, 0.2) is 96.4 Å². The summed E-state index contributed by atoms with van der Waals surface area (Å²) in [5.74, 6) is 0.544. The van der Waals surface area contributed by atoms with Crippen LogP contribution in [0.1, 0.15) is 21.5 Å². The minimum absolute atomic E-state index is 0.271. The predicted molar refractivity (Wildman–Crippen MR) is 114 cm³/mol. The van der Waals surface area contributed by atoms with Crippen molar-refractivity contribution in [2.75, 3.05) is 0 Å². The van der Waals surface area contributed by atoms with Crippen LogP contribution in [0.5, 0.6) is 5.75 Å². The van der Waals surface area contributed by atoms with E-state index in [0.29, 0.717) is 12.2 Å². The summed E-state index contributed by atoms with van der Waals surface area (Å²) in [5, 5.41) is 6.28. The van der Waals surface area contributed by atoms with E-state index >= 15 is 0 Å². The van der Waals surface area contributed by atoms with E-state index in [2.05, 4.69) is 27.6 Å². The summed E-state index contributed by atoms with van der Waals surface area (Å²) in [6, 6.07) is 25.1. The van der Waals surface area contributed by atoms with E-state index in [-0.39, 0.29) is 5.91 Å². The van der Waals surface area contributed by atoms with Crippen molar-refractivity contribution in [1.82, 2.24) is 10.4 Å². The molecule has 1 amide bonds. The molecule has 0 atom stereocenters. The summed E-state index contributed by atoms with van der Waals surface area (Å²) >= 11 is 0. The molecule has 0 spiro atoms. The maximum Gasteiger partial charge on any atom is 0.271 e. The van der Waals surface area contributed by atoms with E-state index in [1.165, 1.54) is 5.39 Å². The monoisotopic (exact) mass is 381 g/mol. The topological polar surface area (TPSA) is 63.6 Å². The van der Waals surface area contributed by atoms with Crippen molar-refractivity contribution in [3.8, 4) is 5.75 Å². The fourth-order valence-electron chi connectivity index (χ4n) is 2.86. The third-order valence-electron chi connectivity index (χ3n) is 4.41. The molecule has 0 fully saturated rings. The molecule has 0 aliphatic carbocycles. The third-order valence-corrected chi connectivity index (χ3v) is 4.41. The second kappa shape index (κ2) is 8.80. The fraction of sp³-hybridized carbons (Fsp3) is 0.0417. The number of amides is 1. The molecule has 1 heterocycles. The van der Waals surface area contributed by atoms with Crippen molar-refractivity contribution in [1.29, 1.82) is 0 Å². The molecule has 0 saturated carbocycles. The molecule has 0 saturated heterocycles. The van der Waals surface area contributed by atoms with Crippen molar-refractivity contribution in [2.24, 2.45) is 5.10 Å². The van der Waals surface area contributed by atoms with Crippen LogP contribution < -0.4 is 10.2 Å². The summed E-state index contributed by atoms with van der Waals surface area (Å²) in [6.07, 6.45) is 4.90. The number of carbonyl (C=O) groups excluding carboxylic acids is 1. The Kier molecular flexibility index (Phi) is 5.58. The summed E-state index contributed by atoms with van der Waals surface area (Å²) in [5.41, 5.74) is 4.84. The van der Waals surface area contributed by atoms with E-state index in [4.69, 9.17) is 4.74 Å². The molecule has 1 aromatic heterocycles. The van der Waals surface area contributed by atoms with Gasteiger partial charge in [0.2, 0.25) is 0 Å². The van der Waals surface area contributed by atoms with E-state index in [0.717, 1.165) is 22.3 Å². The highest BCUT2D eigenvalue weighted by molar-refractivity contribution is 5.94. The Bertz CT molecular complexity index is 1140. The van der Waals surface area contributed by atoms with Crippen LogP contribution in [0.4, 0.5) is 0 Å². The van der Waals surface area contributed by atoms with Gasteiger partial charge in [-0.15, -0.1) is 0 Å². The SMILES string of the molecule is O=C(N/N=C\c1cccnc1)c1ccc(COc2ccc3ccccc3c2)cc1. The number of nitrogens with zero attached hydrogens (tertiary/aromatic N) is 2. The maximum atomic E-state index is 12.2. The Morgan fingerprint density at radius 3 is 2.59 bits per heavy atom. The zero-order valence-corrected chi connectivity index (χ0v) is 15.7. The van der Waals surface area contributed by atoms with Gasteiger partial charge in [-0.05, 0) is 46.7 Å². The van der Waals surface area contributed by atoms with Crippen LogP contribution in [-0.4, -0.2) is 17.1 Å². The highest BCUT2D eigenvalue weighted by Gasteiger charge is 2.05. The van der Waals surface area contributed by atoms with Gasteiger partial charge in [0.05, 0.1) is 6.21 Å². The summed E-state index contributed by atoms with van der Waals surface area (Å²) < 4.78 is 5.88. The molecule has 0 bridgehead atoms. The highest BCUT2D eigenvalue weighted by atomic mass is 16.5. The standard InChI is InChI=1S/C24H19N3O2/c28-24(27-26-16-19-4-3-13-25-15-19)21-9-7-18(8-10-21)17-29-23-12-11-20-5-1-2-6-22(20)14-23/h1-16H,17H2,(H,27,28)/b26-16-. The van der Waals surface area contributed by atoms with Crippen molar-refractivity contribution in [2.45, 2.75) is 6.61 Å². The fourth-order valence-corrected chi connectivity index (χ4v) is 2.86. The van der Waals surface area contributed by atoms with E-state index < -0.39 is 0 Å². The van der Waals surface area contributed by atoms with Crippen LogP contribution in [0, 0.1) is 0 Å². The van der Waals surface area contributed by atoms with Crippen LogP contribution in [0.25, 0.3) is 10.8 Å². The molecule has 4 rings (SSSR count). The molecule has 4 aromatic rings. The largest absolute Gasteiger partial charge is 0.489 e. The average Bonchev–Trinajstić information content (AvgIpc) is 2.78. The lowest BCUT2D eigenvalue weighted by Gasteiger charge is -2.08. The molecule has 0 radical (unpaired) electrons. The first-order valence-corrected chi connectivity index (χ1v) is 9.22. The Morgan fingerprint density at radius 2 is 1.79 bits per heavy atom. The molecule has 142 valence electrons. The molecule has 0 aliphatic rings.